The summed E-state index contributed by atoms with van der Waals surface area (Å²) in [6.07, 6.45) is 4.00. The van der Waals surface area contributed by atoms with E-state index in [1.54, 1.807) is 7.11 Å². The average Bonchev–Trinajstić information content (AvgIpc) is 2.31. The van der Waals surface area contributed by atoms with Gasteiger partial charge < -0.3 is 10.1 Å². The Morgan fingerprint density at radius 3 is 2.56 bits per heavy atom. The van der Waals surface area contributed by atoms with Gasteiger partial charge in [-0.15, -0.1) is 6.58 Å². The first-order valence-corrected chi connectivity index (χ1v) is 5.77. The molecular formula is C14H21NO. The van der Waals surface area contributed by atoms with Gasteiger partial charge in [-0.05, 0) is 37.1 Å². The van der Waals surface area contributed by atoms with Crippen LogP contribution in [-0.2, 0) is 6.42 Å². The third-order valence-electron chi connectivity index (χ3n) is 2.59. The van der Waals surface area contributed by atoms with Crippen LogP contribution in [0, 0.1) is 0 Å². The van der Waals surface area contributed by atoms with Crippen molar-refractivity contribution in [2.45, 2.75) is 25.8 Å². The highest BCUT2D eigenvalue weighted by molar-refractivity contribution is 5.27. The van der Waals surface area contributed by atoms with Gasteiger partial charge in [0, 0.05) is 6.04 Å². The summed E-state index contributed by atoms with van der Waals surface area (Å²) in [5, 5.41) is 3.46. The van der Waals surface area contributed by atoms with E-state index in [4.69, 9.17) is 4.74 Å². The highest BCUT2D eigenvalue weighted by Crippen LogP contribution is 2.13. The molecule has 0 bridgehead atoms. The first-order valence-electron chi connectivity index (χ1n) is 5.77. The quantitative estimate of drug-likeness (QED) is 0.712. The van der Waals surface area contributed by atoms with Gasteiger partial charge in [0.1, 0.15) is 5.75 Å². The summed E-state index contributed by atoms with van der Waals surface area (Å²) in [5.74, 6) is 0.910. The van der Waals surface area contributed by atoms with Crippen LogP contribution in [-0.4, -0.2) is 19.7 Å². The summed E-state index contributed by atoms with van der Waals surface area (Å²) in [6.45, 7) is 6.92. The molecule has 0 saturated carbocycles. The molecule has 0 heterocycles. The molecule has 0 amide bonds. The molecule has 1 aromatic carbocycles. The van der Waals surface area contributed by atoms with Crippen LogP contribution in [0.25, 0.3) is 0 Å². The fourth-order valence-corrected chi connectivity index (χ4v) is 1.77. The zero-order valence-corrected chi connectivity index (χ0v) is 10.2. The van der Waals surface area contributed by atoms with E-state index in [1.165, 1.54) is 5.56 Å². The molecule has 0 radical (unpaired) electrons. The molecular weight excluding hydrogens is 198 g/mol. The Balaban J connectivity index is 2.58. The summed E-state index contributed by atoms with van der Waals surface area (Å²) in [6, 6.07) is 8.73. The number of nitrogens with one attached hydrogen (secondary N) is 1. The minimum atomic E-state index is 0.482. The van der Waals surface area contributed by atoms with Crippen molar-refractivity contribution in [3.05, 3.63) is 42.5 Å². The number of methoxy groups -OCH3 is 1. The lowest BCUT2D eigenvalue weighted by molar-refractivity contribution is 0.414. The lowest BCUT2D eigenvalue weighted by atomic mass is 10.0. The molecule has 0 aliphatic carbocycles. The van der Waals surface area contributed by atoms with E-state index in [1.807, 2.05) is 18.2 Å². The first kappa shape index (κ1) is 12.8. The number of rotatable bonds is 7. The second-order valence-electron chi connectivity index (χ2n) is 3.83. The van der Waals surface area contributed by atoms with Crippen LogP contribution in [0.15, 0.2) is 36.9 Å². The van der Waals surface area contributed by atoms with Crippen LogP contribution < -0.4 is 10.1 Å². The van der Waals surface area contributed by atoms with E-state index in [-0.39, 0.29) is 0 Å². The van der Waals surface area contributed by atoms with Crippen molar-refractivity contribution in [3.63, 3.8) is 0 Å². The molecule has 1 unspecified atom stereocenters. The number of likely N-dealkylation sites (N-methyl/N-ethyl adjacent to an activating group) is 1. The van der Waals surface area contributed by atoms with E-state index in [9.17, 15) is 0 Å². The van der Waals surface area contributed by atoms with Crippen molar-refractivity contribution in [1.82, 2.24) is 5.32 Å². The van der Waals surface area contributed by atoms with E-state index in [0.29, 0.717) is 6.04 Å². The monoisotopic (exact) mass is 219 g/mol. The van der Waals surface area contributed by atoms with Crippen LogP contribution >= 0.6 is 0 Å². The molecule has 0 aromatic heterocycles. The zero-order valence-electron chi connectivity index (χ0n) is 10.2. The number of benzene rings is 1. The minimum Gasteiger partial charge on any atom is -0.497 e. The van der Waals surface area contributed by atoms with Gasteiger partial charge in [-0.3, -0.25) is 0 Å². The molecule has 1 atom stereocenters. The SMILES string of the molecule is C=CCC(Cc1ccc(OC)cc1)NCC. The Hall–Kier alpha value is -1.28. The predicted molar refractivity (Wildman–Crippen MR) is 69.0 cm³/mol. The van der Waals surface area contributed by atoms with Gasteiger partial charge in [0.25, 0.3) is 0 Å². The molecule has 0 saturated heterocycles. The zero-order chi connectivity index (χ0) is 11.8. The lowest BCUT2D eigenvalue weighted by Gasteiger charge is -2.16. The number of hydrogen-bond donors (Lipinski definition) is 1. The molecule has 0 spiro atoms. The molecule has 0 fully saturated rings. The average molecular weight is 219 g/mol. The summed E-state index contributed by atoms with van der Waals surface area (Å²) in [7, 11) is 1.69. The third-order valence-corrected chi connectivity index (χ3v) is 2.59. The van der Waals surface area contributed by atoms with Crippen molar-refractivity contribution in [1.29, 1.82) is 0 Å². The van der Waals surface area contributed by atoms with Crippen molar-refractivity contribution >= 4 is 0 Å². The van der Waals surface area contributed by atoms with Gasteiger partial charge in [0.05, 0.1) is 7.11 Å². The highest BCUT2D eigenvalue weighted by atomic mass is 16.5. The smallest absolute Gasteiger partial charge is 0.118 e. The maximum absolute atomic E-state index is 5.14. The maximum atomic E-state index is 5.14. The number of ether oxygens (including phenoxy) is 1. The van der Waals surface area contributed by atoms with Crippen LogP contribution in [0.3, 0.4) is 0 Å². The second kappa shape index (κ2) is 7.07. The molecule has 0 aliphatic rings. The molecule has 88 valence electrons. The molecule has 2 nitrogen and oxygen atoms in total. The van der Waals surface area contributed by atoms with Crippen molar-refractivity contribution < 1.29 is 4.74 Å². The predicted octanol–water partition coefficient (Wildman–Crippen LogP) is 2.79. The van der Waals surface area contributed by atoms with E-state index < -0.39 is 0 Å². The molecule has 16 heavy (non-hydrogen) atoms. The maximum Gasteiger partial charge on any atom is 0.118 e. The van der Waals surface area contributed by atoms with Crippen LogP contribution in [0.4, 0.5) is 0 Å². The fourth-order valence-electron chi connectivity index (χ4n) is 1.77. The topological polar surface area (TPSA) is 21.3 Å². The fraction of sp³-hybridized carbons (Fsp3) is 0.429. The van der Waals surface area contributed by atoms with Gasteiger partial charge in [-0.1, -0.05) is 25.1 Å². The molecule has 0 aliphatic heterocycles. The summed E-state index contributed by atoms with van der Waals surface area (Å²) >= 11 is 0. The minimum absolute atomic E-state index is 0.482. The molecule has 1 aromatic rings. The van der Waals surface area contributed by atoms with Gasteiger partial charge >= 0.3 is 0 Å². The molecule has 1 rings (SSSR count). The van der Waals surface area contributed by atoms with Crippen LogP contribution in [0.2, 0.25) is 0 Å². The molecule has 2 heteroatoms. The van der Waals surface area contributed by atoms with Crippen molar-refractivity contribution in [2.24, 2.45) is 0 Å². The Bertz CT molecular complexity index is 305. The Kier molecular flexibility index (Phi) is 5.65. The Morgan fingerprint density at radius 2 is 2.06 bits per heavy atom. The highest BCUT2D eigenvalue weighted by Gasteiger charge is 2.06. The van der Waals surface area contributed by atoms with Gasteiger partial charge in [0.2, 0.25) is 0 Å². The normalized spacial score (nSPS) is 12.1. The molecule has 1 N–H and O–H groups in total. The lowest BCUT2D eigenvalue weighted by Crippen LogP contribution is -2.30. The van der Waals surface area contributed by atoms with Crippen LogP contribution in [0.5, 0.6) is 5.75 Å². The standard InChI is InChI=1S/C14H21NO/c1-4-6-13(15-5-2)11-12-7-9-14(16-3)10-8-12/h4,7-10,13,15H,1,5-6,11H2,2-3H3. The summed E-state index contributed by atoms with van der Waals surface area (Å²) in [5.41, 5.74) is 1.33. The number of hydrogen-bond acceptors (Lipinski definition) is 2. The summed E-state index contributed by atoms with van der Waals surface area (Å²) < 4.78 is 5.14. The Morgan fingerprint density at radius 1 is 1.38 bits per heavy atom. The first-order chi connectivity index (χ1) is 7.80. The van der Waals surface area contributed by atoms with E-state index >= 15 is 0 Å². The van der Waals surface area contributed by atoms with Crippen molar-refractivity contribution in [3.8, 4) is 5.75 Å². The summed E-state index contributed by atoms with van der Waals surface area (Å²) in [4.78, 5) is 0. The van der Waals surface area contributed by atoms with E-state index in [0.717, 1.165) is 25.1 Å². The second-order valence-corrected chi connectivity index (χ2v) is 3.83. The van der Waals surface area contributed by atoms with E-state index in [2.05, 4.69) is 31.0 Å². The van der Waals surface area contributed by atoms with Gasteiger partial charge in [0.15, 0.2) is 0 Å². The third kappa shape index (κ3) is 4.07. The van der Waals surface area contributed by atoms with Crippen LogP contribution in [0.1, 0.15) is 18.9 Å². The Labute approximate surface area is 98.3 Å². The largest absolute Gasteiger partial charge is 0.497 e. The van der Waals surface area contributed by atoms with Crippen molar-refractivity contribution in [2.75, 3.05) is 13.7 Å². The van der Waals surface area contributed by atoms with Gasteiger partial charge in [-0.2, -0.15) is 0 Å². The van der Waals surface area contributed by atoms with Gasteiger partial charge in [-0.25, -0.2) is 0 Å².